The molecular formula is C11H20N2O3. The van der Waals surface area contributed by atoms with Gasteiger partial charge in [0.2, 0.25) is 5.89 Å². The van der Waals surface area contributed by atoms with Crippen molar-refractivity contribution in [2.24, 2.45) is 0 Å². The molecule has 0 spiro atoms. The summed E-state index contributed by atoms with van der Waals surface area (Å²) < 4.78 is 15.6. The Hall–Kier alpha value is -0.910. The number of hydrogen-bond donors (Lipinski definition) is 1. The van der Waals surface area contributed by atoms with Gasteiger partial charge in [0.05, 0.1) is 32.6 Å². The normalized spacial score (nSPS) is 10.9. The lowest BCUT2D eigenvalue weighted by Gasteiger charge is -2.03. The molecule has 0 fully saturated rings. The van der Waals surface area contributed by atoms with Gasteiger partial charge in [-0.15, -0.1) is 0 Å². The van der Waals surface area contributed by atoms with Gasteiger partial charge in [0, 0.05) is 20.1 Å². The molecule has 1 rings (SSSR count). The first-order valence-electron chi connectivity index (χ1n) is 5.57. The average molecular weight is 228 g/mol. The van der Waals surface area contributed by atoms with E-state index >= 15 is 0 Å². The molecule has 0 radical (unpaired) electrons. The van der Waals surface area contributed by atoms with E-state index in [1.54, 1.807) is 13.3 Å². The van der Waals surface area contributed by atoms with Crippen LogP contribution in [0.25, 0.3) is 0 Å². The van der Waals surface area contributed by atoms with Crippen LogP contribution in [0.1, 0.15) is 18.6 Å². The Balaban J connectivity index is 1.98. The fraction of sp³-hybridized carbons (Fsp3) is 0.727. The molecule has 0 atom stereocenters. The third kappa shape index (κ3) is 5.25. The summed E-state index contributed by atoms with van der Waals surface area (Å²) >= 11 is 0. The number of aromatic nitrogens is 1. The zero-order valence-electron chi connectivity index (χ0n) is 9.99. The first-order chi connectivity index (χ1) is 7.86. The van der Waals surface area contributed by atoms with E-state index in [2.05, 4.69) is 10.3 Å². The van der Waals surface area contributed by atoms with Crippen LogP contribution in [0.15, 0.2) is 10.6 Å². The summed E-state index contributed by atoms with van der Waals surface area (Å²) in [7, 11) is 1.66. The maximum Gasteiger partial charge on any atom is 0.208 e. The fourth-order valence-electron chi connectivity index (χ4n) is 1.18. The van der Waals surface area contributed by atoms with Crippen LogP contribution in [-0.4, -0.2) is 38.5 Å². The number of oxazole rings is 1. The molecule has 0 saturated heterocycles. The molecule has 0 unspecified atom stereocenters. The van der Waals surface area contributed by atoms with Crippen LogP contribution in [0.2, 0.25) is 0 Å². The van der Waals surface area contributed by atoms with Crippen molar-refractivity contribution in [3.8, 4) is 0 Å². The summed E-state index contributed by atoms with van der Waals surface area (Å²) in [5.41, 5.74) is 0. The van der Waals surface area contributed by atoms with Crippen molar-refractivity contribution < 1.29 is 13.9 Å². The molecule has 1 aromatic heterocycles. The van der Waals surface area contributed by atoms with Crippen LogP contribution < -0.4 is 5.32 Å². The summed E-state index contributed by atoms with van der Waals surface area (Å²) in [5.74, 6) is 1.65. The van der Waals surface area contributed by atoms with Crippen molar-refractivity contribution >= 4 is 0 Å². The fourth-order valence-corrected chi connectivity index (χ4v) is 1.18. The Morgan fingerprint density at radius 3 is 2.94 bits per heavy atom. The van der Waals surface area contributed by atoms with Gasteiger partial charge < -0.3 is 19.2 Å². The Bertz CT molecular complexity index is 276. The Labute approximate surface area is 96.1 Å². The van der Waals surface area contributed by atoms with Gasteiger partial charge in [0.15, 0.2) is 0 Å². The molecule has 0 aliphatic carbocycles. The van der Waals surface area contributed by atoms with Crippen molar-refractivity contribution in [3.63, 3.8) is 0 Å². The zero-order valence-corrected chi connectivity index (χ0v) is 9.99. The summed E-state index contributed by atoms with van der Waals surface area (Å²) in [5, 5.41) is 3.19. The van der Waals surface area contributed by atoms with Gasteiger partial charge >= 0.3 is 0 Å². The molecule has 0 amide bonds. The standard InChI is InChI=1S/C11H20N2O3/c1-3-10-8-13-11(16-10)9-12-4-5-15-7-6-14-2/h8,12H,3-7,9H2,1-2H3. The zero-order chi connectivity index (χ0) is 11.6. The molecule has 1 N–H and O–H groups in total. The molecule has 92 valence electrons. The largest absolute Gasteiger partial charge is 0.444 e. The third-order valence-electron chi connectivity index (χ3n) is 2.08. The van der Waals surface area contributed by atoms with E-state index in [0.717, 1.165) is 24.6 Å². The number of aryl methyl sites for hydroxylation is 1. The predicted molar refractivity (Wildman–Crippen MR) is 60.3 cm³/mol. The summed E-state index contributed by atoms with van der Waals surface area (Å²) in [6.07, 6.45) is 2.65. The minimum atomic E-state index is 0.636. The average Bonchev–Trinajstić information content (AvgIpc) is 2.76. The highest BCUT2D eigenvalue weighted by atomic mass is 16.5. The molecule has 0 saturated carbocycles. The second-order valence-electron chi connectivity index (χ2n) is 3.36. The Kier molecular flexibility index (Phi) is 6.80. The van der Waals surface area contributed by atoms with Crippen molar-refractivity contribution in [1.29, 1.82) is 0 Å². The van der Waals surface area contributed by atoms with Gasteiger partial charge in [-0.3, -0.25) is 0 Å². The van der Waals surface area contributed by atoms with Gasteiger partial charge in [-0.1, -0.05) is 6.92 Å². The quantitative estimate of drug-likeness (QED) is 0.639. The highest BCUT2D eigenvalue weighted by molar-refractivity contribution is 4.93. The lowest BCUT2D eigenvalue weighted by atomic mass is 10.4. The third-order valence-corrected chi connectivity index (χ3v) is 2.08. The highest BCUT2D eigenvalue weighted by Crippen LogP contribution is 2.03. The van der Waals surface area contributed by atoms with Gasteiger partial charge in [0.1, 0.15) is 5.76 Å². The molecule has 5 heteroatoms. The van der Waals surface area contributed by atoms with E-state index in [0.29, 0.717) is 26.4 Å². The smallest absolute Gasteiger partial charge is 0.208 e. The Morgan fingerprint density at radius 2 is 2.25 bits per heavy atom. The lowest BCUT2D eigenvalue weighted by molar-refractivity contribution is 0.0717. The van der Waals surface area contributed by atoms with Crippen molar-refractivity contribution in [2.75, 3.05) is 33.5 Å². The van der Waals surface area contributed by atoms with Crippen LogP contribution in [0.5, 0.6) is 0 Å². The minimum Gasteiger partial charge on any atom is -0.444 e. The number of methoxy groups -OCH3 is 1. The van der Waals surface area contributed by atoms with E-state index in [9.17, 15) is 0 Å². The predicted octanol–water partition coefficient (Wildman–Crippen LogP) is 0.990. The Morgan fingerprint density at radius 1 is 1.38 bits per heavy atom. The summed E-state index contributed by atoms with van der Waals surface area (Å²) in [6, 6.07) is 0. The first kappa shape index (κ1) is 13.2. The first-order valence-corrected chi connectivity index (χ1v) is 5.57. The number of nitrogens with zero attached hydrogens (tertiary/aromatic N) is 1. The number of ether oxygens (including phenoxy) is 2. The monoisotopic (exact) mass is 228 g/mol. The van der Waals surface area contributed by atoms with Crippen LogP contribution >= 0.6 is 0 Å². The highest BCUT2D eigenvalue weighted by Gasteiger charge is 2.00. The second-order valence-corrected chi connectivity index (χ2v) is 3.36. The van der Waals surface area contributed by atoms with E-state index < -0.39 is 0 Å². The minimum absolute atomic E-state index is 0.636. The van der Waals surface area contributed by atoms with Crippen LogP contribution in [0, 0.1) is 0 Å². The molecule has 0 aliphatic heterocycles. The molecule has 1 aromatic rings. The lowest BCUT2D eigenvalue weighted by Crippen LogP contribution is -2.20. The van der Waals surface area contributed by atoms with Crippen molar-refractivity contribution in [3.05, 3.63) is 17.8 Å². The maximum atomic E-state index is 5.44. The van der Waals surface area contributed by atoms with Gasteiger partial charge in [-0.2, -0.15) is 0 Å². The van der Waals surface area contributed by atoms with Crippen molar-refractivity contribution in [2.45, 2.75) is 19.9 Å². The van der Waals surface area contributed by atoms with E-state index in [4.69, 9.17) is 13.9 Å². The van der Waals surface area contributed by atoms with Crippen LogP contribution in [0.4, 0.5) is 0 Å². The molecule has 5 nitrogen and oxygen atoms in total. The van der Waals surface area contributed by atoms with Gasteiger partial charge in [-0.05, 0) is 0 Å². The van der Waals surface area contributed by atoms with Gasteiger partial charge in [-0.25, -0.2) is 4.98 Å². The van der Waals surface area contributed by atoms with E-state index in [1.165, 1.54) is 0 Å². The van der Waals surface area contributed by atoms with Gasteiger partial charge in [0.25, 0.3) is 0 Å². The molecule has 0 aromatic carbocycles. The molecule has 0 bridgehead atoms. The maximum absolute atomic E-state index is 5.44. The second kappa shape index (κ2) is 8.27. The summed E-state index contributed by atoms with van der Waals surface area (Å²) in [6.45, 7) is 5.42. The number of rotatable bonds is 9. The molecular weight excluding hydrogens is 208 g/mol. The summed E-state index contributed by atoms with van der Waals surface area (Å²) in [4.78, 5) is 4.14. The van der Waals surface area contributed by atoms with E-state index in [1.807, 2.05) is 6.92 Å². The number of nitrogens with one attached hydrogen (secondary N) is 1. The van der Waals surface area contributed by atoms with Crippen molar-refractivity contribution in [1.82, 2.24) is 10.3 Å². The van der Waals surface area contributed by atoms with Crippen LogP contribution in [-0.2, 0) is 22.4 Å². The van der Waals surface area contributed by atoms with E-state index in [-0.39, 0.29) is 0 Å². The topological polar surface area (TPSA) is 56.5 Å². The molecule has 0 aliphatic rings. The SMILES string of the molecule is CCc1cnc(CNCCOCCOC)o1. The number of hydrogen-bond acceptors (Lipinski definition) is 5. The molecule has 16 heavy (non-hydrogen) atoms. The molecule has 1 heterocycles. The van der Waals surface area contributed by atoms with Crippen LogP contribution in [0.3, 0.4) is 0 Å².